The predicted octanol–water partition coefficient (Wildman–Crippen LogP) is 3.86. The van der Waals surface area contributed by atoms with Gasteiger partial charge < -0.3 is 19.2 Å². The molecule has 0 spiro atoms. The molecule has 1 fully saturated rings. The molecule has 1 aliphatic rings. The van der Waals surface area contributed by atoms with Crippen LogP contribution in [0.5, 0.6) is 5.75 Å². The predicted molar refractivity (Wildman–Crippen MR) is 94.8 cm³/mol. The van der Waals surface area contributed by atoms with Crippen LogP contribution in [0.25, 0.3) is 0 Å². The van der Waals surface area contributed by atoms with Crippen molar-refractivity contribution in [2.24, 2.45) is 0 Å². The number of carbonyl (C=O) groups excluding carboxylic acids is 1. The van der Waals surface area contributed by atoms with Crippen molar-refractivity contribution < 1.29 is 18.7 Å². The smallest absolute Gasteiger partial charge is 0.287 e. The summed E-state index contributed by atoms with van der Waals surface area (Å²) in [5.41, 5.74) is 0.818. The Balaban J connectivity index is 1.48. The highest BCUT2D eigenvalue weighted by atomic mass is 16.5. The molecule has 134 valence electrons. The first-order valence-corrected chi connectivity index (χ1v) is 8.89. The molecule has 25 heavy (non-hydrogen) atoms. The van der Waals surface area contributed by atoms with E-state index in [9.17, 15) is 4.79 Å². The van der Waals surface area contributed by atoms with Crippen LogP contribution in [0.4, 0.5) is 0 Å². The summed E-state index contributed by atoms with van der Waals surface area (Å²) >= 11 is 0. The van der Waals surface area contributed by atoms with E-state index in [0.717, 1.165) is 37.2 Å². The number of rotatable bonds is 7. The van der Waals surface area contributed by atoms with E-state index in [1.807, 2.05) is 43.3 Å². The largest absolute Gasteiger partial charge is 0.486 e. The van der Waals surface area contributed by atoms with Gasteiger partial charge in [-0.25, -0.2) is 0 Å². The Hall–Kier alpha value is -2.27. The van der Waals surface area contributed by atoms with Gasteiger partial charge >= 0.3 is 0 Å². The lowest BCUT2D eigenvalue weighted by Gasteiger charge is -2.22. The topological polar surface area (TPSA) is 60.7 Å². The number of benzene rings is 1. The second-order valence-electron chi connectivity index (χ2n) is 6.36. The van der Waals surface area contributed by atoms with Crippen LogP contribution in [0.1, 0.15) is 47.6 Å². The molecule has 5 heteroatoms. The summed E-state index contributed by atoms with van der Waals surface area (Å²) in [6.07, 6.45) is 4.54. The fourth-order valence-electron chi connectivity index (χ4n) is 2.98. The lowest BCUT2D eigenvalue weighted by molar-refractivity contribution is 0.0116. The van der Waals surface area contributed by atoms with Crippen molar-refractivity contribution >= 4 is 5.91 Å². The van der Waals surface area contributed by atoms with Gasteiger partial charge in [0.05, 0.1) is 6.10 Å². The molecule has 3 rings (SSSR count). The van der Waals surface area contributed by atoms with Crippen molar-refractivity contribution in [3.63, 3.8) is 0 Å². The number of furan rings is 1. The number of carbonyl (C=O) groups is 1. The van der Waals surface area contributed by atoms with E-state index in [1.54, 1.807) is 0 Å². The van der Waals surface area contributed by atoms with E-state index in [-0.39, 0.29) is 12.0 Å². The van der Waals surface area contributed by atoms with Crippen molar-refractivity contribution in [2.45, 2.75) is 45.3 Å². The van der Waals surface area contributed by atoms with Gasteiger partial charge in [0.15, 0.2) is 5.76 Å². The Labute approximate surface area is 148 Å². The van der Waals surface area contributed by atoms with E-state index in [4.69, 9.17) is 13.9 Å². The molecule has 1 aromatic carbocycles. The van der Waals surface area contributed by atoms with Gasteiger partial charge in [0, 0.05) is 18.7 Å². The SMILES string of the molecule is Cc1cc(COc2ccccc2)oc1C(=O)NCCC1CCCCO1. The minimum Gasteiger partial charge on any atom is -0.486 e. The highest BCUT2D eigenvalue weighted by Crippen LogP contribution is 2.18. The average Bonchev–Trinajstić information content (AvgIpc) is 3.02. The van der Waals surface area contributed by atoms with Gasteiger partial charge in [0.25, 0.3) is 5.91 Å². The maximum Gasteiger partial charge on any atom is 0.287 e. The standard InChI is InChI=1S/C20H25NO4/c1-15-13-18(14-24-16-7-3-2-4-8-16)25-19(15)20(22)21-11-10-17-9-5-6-12-23-17/h2-4,7-8,13,17H,5-6,9-12,14H2,1H3,(H,21,22). The Morgan fingerprint density at radius 1 is 1.28 bits per heavy atom. The average molecular weight is 343 g/mol. The van der Waals surface area contributed by atoms with Crippen molar-refractivity contribution in [2.75, 3.05) is 13.2 Å². The number of ether oxygens (including phenoxy) is 2. The number of para-hydroxylation sites is 1. The van der Waals surface area contributed by atoms with E-state index in [0.29, 0.717) is 24.7 Å². The number of aryl methyl sites for hydroxylation is 1. The van der Waals surface area contributed by atoms with Crippen LogP contribution in [0.15, 0.2) is 40.8 Å². The molecule has 1 aliphatic heterocycles. The van der Waals surface area contributed by atoms with Crippen LogP contribution in [0, 0.1) is 6.92 Å². The summed E-state index contributed by atoms with van der Waals surface area (Å²) in [6.45, 7) is 3.60. The summed E-state index contributed by atoms with van der Waals surface area (Å²) in [4.78, 5) is 12.3. The molecular weight excluding hydrogens is 318 g/mol. The molecular formula is C20H25NO4. The van der Waals surface area contributed by atoms with Gasteiger partial charge in [-0.15, -0.1) is 0 Å². The first-order valence-electron chi connectivity index (χ1n) is 8.89. The minimum atomic E-state index is -0.181. The van der Waals surface area contributed by atoms with Crippen LogP contribution in [-0.2, 0) is 11.3 Å². The lowest BCUT2D eigenvalue weighted by Crippen LogP contribution is -2.29. The van der Waals surface area contributed by atoms with Crippen molar-refractivity contribution in [1.82, 2.24) is 5.32 Å². The summed E-state index contributed by atoms with van der Waals surface area (Å²) in [5, 5.41) is 2.92. The van der Waals surface area contributed by atoms with Crippen molar-refractivity contribution in [1.29, 1.82) is 0 Å². The summed E-state index contributed by atoms with van der Waals surface area (Å²) in [6, 6.07) is 11.4. The van der Waals surface area contributed by atoms with Gasteiger partial charge in [-0.1, -0.05) is 18.2 Å². The Morgan fingerprint density at radius 2 is 2.12 bits per heavy atom. The molecule has 5 nitrogen and oxygen atoms in total. The summed E-state index contributed by atoms with van der Waals surface area (Å²) in [7, 11) is 0. The Bertz CT molecular complexity index is 674. The van der Waals surface area contributed by atoms with Crippen LogP contribution in [0.3, 0.4) is 0 Å². The Kier molecular flexibility index (Phi) is 6.12. The Morgan fingerprint density at radius 3 is 2.88 bits per heavy atom. The van der Waals surface area contributed by atoms with Crippen molar-refractivity contribution in [3.8, 4) is 5.75 Å². The van der Waals surface area contributed by atoms with Crippen LogP contribution in [-0.4, -0.2) is 25.2 Å². The second-order valence-corrected chi connectivity index (χ2v) is 6.36. The third-order valence-corrected chi connectivity index (χ3v) is 4.33. The summed E-state index contributed by atoms with van der Waals surface area (Å²) < 4.78 is 17.0. The first-order chi connectivity index (χ1) is 12.2. The van der Waals surface area contributed by atoms with E-state index < -0.39 is 0 Å². The lowest BCUT2D eigenvalue weighted by atomic mass is 10.1. The maximum absolute atomic E-state index is 12.3. The third-order valence-electron chi connectivity index (χ3n) is 4.33. The summed E-state index contributed by atoms with van der Waals surface area (Å²) in [5.74, 6) is 1.59. The van der Waals surface area contributed by atoms with E-state index in [2.05, 4.69) is 5.32 Å². The third kappa shape index (κ3) is 5.10. The zero-order chi connectivity index (χ0) is 17.5. The number of amides is 1. The molecule has 0 bridgehead atoms. The monoisotopic (exact) mass is 343 g/mol. The molecule has 0 aliphatic carbocycles. The molecule has 1 amide bonds. The molecule has 1 atom stereocenters. The molecule has 2 aromatic rings. The van der Waals surface area contributed by atoms with Gasteiger partial charge in [-0.2, -0.15) is 0 Å². The van der Waals surface area contributed by atoms with Gasteiger partial charge in [0.1, 0.15) is 18.1 Å². The highest BCUT2D eigenvalue weighted by Gasteiger charge is 2.18. The van der Waals surface area contributed by atoms with Crippen LogP contribution >= 0.6 is 0 Å². The molecule has 0 saturated carbocycles. The molecule has 1 saturated heterocycles. The number of hydrogen-bond donors (Lipinski definition) is 1. The maximum atomic E-state index is 12.3. The second kappa shape index (κ2) is 8.72. The minimum absolute atomic E-state index is 0.181. The van der Waals surface area contributed by atoms with Crippen LogP contribution in [0.2, 0.25) is 0 Å². The van der Waals surface area contributed by atoms with Gasteiger partial charge in [0.2, 0.25) is 0 Å². The van der Waals surface area contributed by atoms with E-state index >= 15 is 0 Å². The first kappa shape index (κ1) is 17.5. The highest BCUT2D eigenvalue weighted by molar-refractivity contribution is 5.92. The molecule has 1 N–H and O–H groups in total. The molecule has 0 radical (unpaired) electrons. The normalized spacial score (nSPS) is 17.2. The zero-order valence-corrected chi connectivity index (χ0v) is 14.6. The quantitative estimate of drug-likeness (QED) is 0.829. The number of hydrogen-bond acceptors (Lipinski definition) is 4. The van der Waals surface area contributed by atoms with E-state index in [1.165, 1.54) is 6.42 Å². The fraction of sp³-hybridized carbons (Fsp3) is 0.450. The number of nitrogens with one attached hydrogen (secondary N) is 1. The molecule has 1 aromatic heterocycles. The van der Waals surface area contributed by atoms with Gasteiger partial charge in [-0.3, -0.25) is 4.79 Å². The molecule has 2 heterocycles. The fourth-order valence-corrected chi connectivity index (χ4v) is 2.98. The van der Waals surface area contributed by atoms with Crippen LogP contribution < -0.4 is 10.1 Å². The zero-order valence-electron chi connectivity index (χ0n) is 14.6. The molecule has 1 unspecified atom stereocenters. The van der Waals surface area contributed by atoms with Gasteiger partial charge in [-0.05, 0) is 50.8 Å². The van der Waals surface area contributed by atoms with Crippen molar-refractivity contribution in [3.05, 3.63) is 53.5 Å².